The molecule has 0 unspecified atom stereocenters. The van der Waals surface area contributed by atoms with Crippen LogP contribution in [0.2, 0.25) is 0 Å². The lowest BCUT2D eigenvalue weighted by atomic mass is 10.4. The van der Waals surface area contributed by atoms with Gasteiger partial charge in [-0.3, -0.25) is 15.2 Å². The van der Waals surface area contributed by atoms with Gasteiger partial charge in [-0.1, -0.05) is 0 Å². The second kappa shape index (κ2) is 1.89. The molecule has 9 heavy (non-hydrogen) atoms. The summed E-state index contributed by atoms with van der Waals surface area (Å²) in [5, 5.41) is 3.69. The summed E-state index contributed by atoms with van der Waals surface area (Å²) < 4.78 is 1.49. The van der Waals surface area contributed by atoms with Crippen LogP contribution in [0.25, 0.3) is 0 Å². The van der Waals surface area contributed by atoms with Gasteiger partial charge in [-0.25, -0.2) is 0 Å². The Balaban J connectivity index is 2.98. The molecular weight excluding hydrogens is 118 g/mol. The van der Waals surface area contributed by atoms with Gasteiger partial charge in [-0.15, -0.1) is 0 Å². The number of aryl methyl sites for hydroxylation is 1. The van der Waals surface area contributed by atoms with Crippen LogP contribution in [0, 0.1) is 0 Å². The first-order valence-corrected chi connectivity index (χ1v) is 2.46. The van der Waals surface area contributed by atoms with E-state index < -0.39 is 5.91 Å². The smallest absolute Gasteiger partial charge is 0.275 e. The highest BCUT2D eigenvalue weighted by atomic mass is 16.1. The summed E-state index contributed by atoms with van der Waals surface area (Å²) in [4.78, 5) is 10.2. The van der Waals surface area contributed by atoms with E-state index >= 15 is 0 Å². The highest BCUT2D eigenvalue weighted by Gasteiger charge is 2.01. The molecule has 47 valence electrons. The molecule has 0 aliphatic carbocycles. The van der Waals surface area contributed by atoms with E-state index in [1.54, 1.807) is 13.2 Å². The maximum Gasteiger partial charge on any atom is 0.290 e. The summed E-state index contributed by atoms with van der Waals surface area (Å²) in [7, 11) is 1.70. The molecule has 1 radical (unpaired) electrons. The molecule has 4 heteroatoms. The van der Waals surface area contributed by atoms with Crippen molar-refractivity contribution in [2.24, 2.45) is 7.05 Å². The highest BCUT2D eigenvalue weighted by molar-refractivity contribution is 5.89. The number of amides is 1. The minimum absolute atomic E-state index is 0.192. The van der Waals surface area contributed by atoms with Gasteiger partial charge >= 0.3 is 0 Å². The van der Waals surface area contributed by atoms with Gasteiger partial charge in [0.2, 0.25) is 0 Å². The molecule has 1 N–H and O–H groups in total. The summed E-state index contributed by atoms with van der Waals surface area (Å²) in [6.07, 6.45) is 1.63. The van der Waals surface area contributed by atoms with Crippen LogP contribution < -0.4 is 5.73 Å². The molecule has 0 aliphatic heterocycles. The summed E-state index contributed by atoms with van der Waals surface area (Å²) in [5.41, 5.74) is 6.81. The molecule has 0 bridgehead atoms. The van der Waals surface area contributed by atoms with Crippen molar-refractivity contribution >= 4 is 5.91 Å². The molecule has 0 saturated carbocycles. The number of nitrogens with zero attached hydrogens (tertiary/aromatic N) is 2. The average Bonchev–Trinajstić information content (AvgIpc) is 2.14. The molecule has 1 aromatic heterocycles. The summed E-state index contributed by atoms with van der Waals surface area (Å²) in [5.74, 6) is -0.740. The lowest BCUT2D eigenvalue weighted by Gasteiger charge is -1.82. The molecule has 0 saturated heterocycles. The summed E-state index contributed by atoms with van der Waals surface area (Å²) in [6.45, 7) is 0. The van der Waals surface area contributed by atoms with Crippen molar-refractivity contribution in [1.29, 1.82) is 0 Å². The molecule has 1 aromatic rings. The number of carbonyl (C=O) groups is 1. The van der Waals surface area contributed by atoms with Crippen molar-refractivity contribution in [3.8, 4) is 0 Å². The number of hydrogen-bond acceptors (Lipinski definition) is 2. The van der Waals surface area contributed by atoms with Crippen LogP contribution in [0.15, 0.2) is 12.3 Å². The molecule has 0 fully saturated rings. The number of hydrogen-bond donors (Lipinski definition) is 0. The second-order valence-electron chi connectivity index (χ2n) is 1.70. The SMILES string of the molecule is Cn1ccc(C([NH])=O)n1. The van der Waals surface area contributed by atoms with E-state index in [1.807, 2.05) is 0 Å². The van der Waals surface area contributed by atoms with E-state index in [4.69, 9.17) is 5.73 Å². The van der Waals surface area contributed by atoms with E-state index in [1.165, 1.54) is 10.7 Å². The molecule has 0 aromatic carbocycles. The first kappa shape index (κ1) is 5.81. The maximum atomic E-state index is 10.2. The van der Waals surface area contributed by atoms with Gasteiger partial charge in [0.05, 0.1) is 0 Å². The molecule has 1 amide bonds. The Morgan fingerprint density at radius 2 is 2.56 bits per heavy atom. The van der Waals surface area contributed by atoms with Gasteiger partial charge in [0.1, 0.15) is 0 Å². The van der Waals surface area contributed by atoms with Crippen molar-refractivity contribution in [2.75, 3.05) is 0 Å². The number of carbonyl (C=O) groups excluding carboxylic acids is 1. The first-order chi connectivity index (χ1) is 4.20. The standard InChI is InChI=1S/C5H6N3O/c1-8-3-2-4(7-8)5(6)9/h2-3,6H,1H3. The van der Waals surface area contributed by atoms with Gasteiger partial charge in [0.25, 0.3) is 5.91 Å². The molecule has 1 rings (SSSR count). The number of nitrogens with one attached hydrogen (secondary N) is 1. The minimum Gasteiger partial charge on any atom is -0.275 e. The predicted molar refractivity (Wildman–Crippen MR) is 30.6 cm³/mol. The van der Waals surface area contributed by atoms with Crippen molar-refractivity contribution < 1.29 is 4.79 Å². The Morgan fingerprint density at radius 3 is 2.78 bits per heavy atom. The topological polar surface area (TPSA) is 58.7 Å². The first-order valence-electron chi connectivity index (χ1n) is 2.46. The fraction of sp³-hybridized carbons (Fsp3) is 0.200. The zero-order valence-electron chi connectivity index (χ0n) is 4.96. The quantitative estimate of drug-likeness (QED) is 0.522. The van der Waals surface area contributed by atoms with E-state index in [9.17, 15) is 4.79 Å². The zero-order chi connectivity index (χ0) is 6.85. The average molecular weight is 124 g/mol. The third-order valence-electron chi connectivity index (χ3n) is 0.946. The Morgan fingerprint density at radius 1 is 1.89 bits per heavy atom. The molecule has 4 nitrogen and oxygen atoms in total. The molecular formula is C5H6N3O. The summed E-state index contributed by atoms with van der Waals surface area (Å²) in [6, 6.07) is 1.51. The van der Waals surface area contributed by atoms with Gasteiger partial charge < -0.3 is 0 Å². The normalized spacial score (nSPS) is 9.44. The van der Waals surface area contributed by atoms with Crippen molar-refractivity contribution in [3.05, 3.63) is 18.0 Å². The predicted octanol–water partition coefficient (Wildman–Crippen LogP) is -0.157. The van der Waals surface area contributed by atoms with Gasteiger partial charge in [-0.2, -0.15) is 5.10 Å². The van der Waals surface area contributed by atoms with Crippen LogP contribution >= 0.6 is 0 Å². The fourth-order valence-corrected chi connectivity index (χ4v) is 0.536. The van der Waals surface area contributed by atoms with Gasteiger partial charge in [0, 0.05) is 13.2 Å². The van der Waals surface area contributed by atoms with E-state index in [-0.39, 0.29) is 5.69 Å². The molecule has 0 atom stereocenters. The number of rotatable bonds is 1. The second-order valence-corrected chi connectivity index (χ2v) is 1.70. The third-order valence-corrected chi connectivity index (χ3v) is 0.946. The summed E-state index contributed by atoms with van der Waals surface area (Å²) >= 11 is 0. The fourth-order valence-electron chi connectivity index (χ4n) is 0.536. The zero-order valence-corrected chi connectivity index (χ0v) is 4.96. The molecule has 0 aliphatic rings. The van der Waals surface area contributed by atoms with Crippen molar-refractivity contribution in [3.63, 3.8) is 0 Å². The van der Waals surface area contributed by atoms with Crippen LogP contribution in [0.1, 0.15) is 10.5 Å². The van der Waals surface area contributed by atoms with Crippen LogP contribution in [0.5, 0.6) is 0 Å². The monoisotopic (exact) mass is 124 g/mol. The lowest BCUT2D eigenvalue weighted by Crippen LogP contribution is -2.00. The van der Waals surface area contributed by atoms with Crippen LogP contribution in [-0.2, 0) is 7.05 Å². The van der Waals surface area contributed by atoms with E-state index in [2.05, 4.69) is 5.10 Å². The Bertz CT molecular complexity index is 228. The van der Waals surface area contributed by atoms with Crippen LogP contribution in [0.4, 0.5) is 0 Å². The van der Waals surface area contributed by atoms with Crippen LogP contribution in [0.3, 0.4) is 0 Å². The Hall–Kier alpha value is -1.32. The molecule has 1 heterocycles. The van der Waals surface area contributed by atoms with Crippen LogP contribution in [-0.4, -0.2) is 15.7 Å². The van der Waals surface area contributed by atoms with Gasteiger partial charge in [0.15, 0.2) is 5.69 Å². The number of aromatic nitrogens is 2. The van der Waals surface area contributed by atoms with E-state index in [0.29, 0.717) is 0 Å². The maximum absolute atomic E-state index is 10.2. The highest BCUT2D eigenvalue weighted by Crippen LogP contribution is 1.90. The Kier molecular flexibility index (Phi) is 1.22. The minimum atomic E-state index is -0.740. The molecule has 0 spiro atoms. The van der Waals surface area contributed by atoms with Crippen molar-refractivity contribution in [1.82, 2.24) is 15.5 Å². The van der Waals surface area contributed by atoms with Gasteiger partial charge in [-0.05, 0) is 6.07 Å². The van der Waals surface area contributed by atoms with E-state index in [0.717, 1.165) is 0 Å². The lowest BCUT2D eigenvalue weighted by molar-refractivity contribution is 0.0986. The van der Waals surface area contributed by atoms with Crippen molar-refractivity contribution in [2.45, 2.75) is 0 Å². The third kappa shape index (κ3) is 1.07. The largest absolute Gasteiger partial charge is 0.290 e. The Labute approximate surface area is 52.3 Å².